The molecule has 0 amide bonds. The molecule has 4 heteroatoms. The number of benzene rings is 1. The van der Waals surface area contributed by atoms with Crippen molar-refractivity contribution in [2.45, 2.75) is 0 Å². The van der Waals surface area contributed by atoms with Crippen LogP contribution in [0.4, 0.5) is 0 Å². The Morgan fingerprint density at radius 2 is 2.09 bits per heavy atom. The van der Waals surface area contributed by atoms with Crippen molar-refractivity contribution in [2.24, 2.45) is 5.84 Å². The van der Waals surface area contributed by atoms with Gasteiger partial charge in [0.1, 0.15) is 5.84 Å². The van der Waals surface area contributed by atoms with E-state index >= 15 is 0 Å². The minimum atomic E-state index is 0.245. The van der Waals surface area contributed by atoms with Crippen LogP contribution in [0.15, 0.2) is 24.3 Å². The fraction of sp³-hybridized carbons (Fsp3) is 0. The maximum atomic E-state index is 7.38. The van der Waals surface area contributed by atoms with Gasteiger partial charge in [0.05, 0.1) is 0 Å². The van der Waals surface area contributed by atoms with Crippen LogP contribution in [0.3, 0.4) is 0 Å². The van der Waals surface area contributed by atoms with Gasteiger partial charge in [0.25, 0.3) is 0 Å². The van der Waals surface area contributed by atoms with Gasteiger partial charge in [-0.2, -0.15) is 0 Å². The van der Waals surface area contributed by atoms with Gasteiger partial charge in [-0.25, -0.2) is 5.84 Å². The fourth-order valence-electron chi connectivity index (χ4n) is 0.742. The predicted molar refractivity (Wildman–Crippen MR) is 53.3 cm³/mol. The average molecular weight is 261 g/mol. The maximum absolute atomic E-state index is 7.38. The second-order valence-electron chi connectivity index (χ2n) is 2.00. The van der Waals surface area contributed by atoms with Crippen LogP contribution in [-0.2, 0) is 0 Å². The molecule has 0 spiro atoms. The van der Waals surface area contributed by atoms with E-state index in [1.165, 1.54) is 0 Å². The van der Waals surface area contributed by atoms with Crippen LogP contribution in [-0.4, -0.2) is 5.84 Å². The minimum Gasteiger partial charge on any atom is -0.308 e. The van der Waals surface area contributed by atoms with Crippen molar-refractivity contribution in [2.75, 3.05) is 0 Å². The normalized spacial score (nSPS) is 9.27. The van der Waals surface area contributed by atoms with Crippen molar-refractivity contribution in [3.63, 3.8) is 0 Å². The molecule has 0 saturated heterocycles. The van der Waals surface area contributed by atoms with Gasteiger partial charge >= 0.3 is 0 Å². The smallest absolute Gasteiger partial charge is 0.140 e. The molecule has 11 heavy (non-hydrogen) atoms. The molecule has 0 aliphatic heterocycles. The van der Waals surface area contributed by atoms with E-state index in [9.17, 15) is 0 Å². The van der Waals surface area contributed by atoms with Gasteiger partial charge < -0.3 is 5.43 Å². The lowest BCUT2D eigenvalue weighted by Crippen LogP contribution is -2.30. The van der Waals surface area contributed by atoms with Crippen molar-refractivity contribution < 1.29 is 0 Å². The Morgan fingerprint density at radius 1 is 1.45 bits per heavy atom. The molecular weight excluding hydrogens is 253 g/mol. The summed E-state index contributed by atoms with van der Waals surface area (Å²) in [6, 6.07) is 7.59. The molecule has 1 aromatic rings. The van der Waals surface area contributed by atoms with Crippen LogP contribution in [0.1, 0.15) is 5.56 Å². The van der Waals surface area contributed by atoms with Gasteiger partial charge in [-0.15, -0.1) is 0 Å². The summed E-state index contributed by atoms with van der Waals surface area (Å²) < 4.78 is 1.02. The SMILES string of the molecule is N=C(NN)c1ccccc1I. The molecule has 0 heterocycles. The third-order valence-corrected chi connectivity index (χ3v) is 2.23. The molecule has 0 bridgehead atoms. The van der Waals surface area contributed by atoms with Crippen molar-refractivity contribution in [1.82, 2.24) is 5.43 Å². The summed E-state index contributed by atoms with van der Waals surface area (Å²) in [4.78, 5) is 0. The van der Waals surface area contributed by atoms with E-state index in [0.29, 0.717) is 0 Å². The summed E-state index contributed by atoms with van der Waals surface area (Å²) in [6.45, 7) is 0. The summed E-state index contributed by atoms with van der Waals surface area (Å²) in [6.07, 6.45) is 0. The van der Waals surface area contributed by atoms with E-state index in [2.05, 4.69) is 28.0 Å². The quantitative estimate of drug-likeness (QED) is 0.233. The molecule has 1 rings (SSSR count). The Bertz CT molecular complexity index is 272. The number of nitrogens with one attached hydrogen (secondary N) is 2. The molecule has 0 saturated carbocycles. The Balaban J connectivity index is 3.03. The number of hydrogen-bond donors (Lipinski definition) is 3. The van der Waals surface area contributed by atoms with E-state index in [4.69, 9.17) is 11.3 Å². The van der Waals surface area contributed by atoms with Crippen molar-refractivity contribution in [1.29, 1.82) is 5.41 Å². The molecule has 0 aromatic heterocycles. The van der Waals surface area contributed by atoms with Crippen LogP contribution in [0, 0.1) is 8.98 Å². The second-order valence-corrected chi connectivity index (χ2v) is 3.16. The van der Waals surface area contributed by atoms with Crippen molar-refractivity contribution >= 4 is 28.4 Å². The van der Waals surface area contributed by atoms with E-state index in [1.54, 1.807) is 0 Å². The number of rotatable bonds is 1. The zero-order chi connectivity index (χ0) is 8.27. The van der Waals surface area contributed by atoms with Gasteiger partial charge in [0.15, 0.2) is 0 Å². The van der Waals surface area contributed by atoms with Gasteiger partial charge in [0.2, 0.25) is 0 Å². The van der Waals surface area contributed by atoms with E-state index in [-0.39, 0.29) is 5.84 Å². The first-order chi connectivity index (χ1) is 5.25. The lowest BCUT2D eigenvalue weighted by Gasteiger charge is -2.03. The van der Waals surface area contributed by atoms with Crippen molar-refractivity contribution in [3.8, 4) is 0 Å². The number of nitrogens with two attached hydrogens (primary N) is 1. The maximum Gasteiger partial charge on any atom is 0.140 e. The standard InChI is InChI=1S/C7H8IN3/c8-6-4-2-1-3-5(6)7(9)11-10/h1-4H,10H2,(H2,9,11). The van der Waals surface area contributed by atoms with E-state index < -0.39 is 0 Å². The van der Waals surface area contributed by atoms with Gasteiger partial charge in [-0.05, 0) is 28.7 Å². The number of hydrazine groups is 1. The molecule has 0 aliphatic rings. The first kappa shape index (κ1) is 8.48. The highest BCUT2D eigenvalue weighted by Gasteiger charge is 2.01. The molecule has 3 nitrogen and oxygen atoms in total. The van der Waals surface area contributed by atoms with Gasteiger partial charge in [-0.3, -0.25) is 5.41 Å². The summed E-state index contributed by atoms with van der Waals surface area (Å²) in [5.41, 5.74) is 3.13. The van der Waals surface area contributed by atoms with E-state index in [0.717, 1.165) is 9.13 Å². The van der Waals surface area contributed by atoms with Crippen LogP contribution >= 0.6 is 22.6 Å². The largest absolute Gasteiger partial charge is 0.308 e. The summed E-state index contributed by atoms with van der Waals surface area (Å²) in [5, 5.41) is 7.38. The Labute approximate surface area is 78.6 Å². The first-order valence-electron chi connectivity index (χ1n) is 3.06. The topological polar surface area (TPSA) is 61.9 Å². The fourth-order valence-corrected chi connectivity index (χ4v) is 1.40. The highest BCUT2D eigenvalue weighted by Crippen LogP contribution is 2.10. The second kappa shape index (κ2) is 3.68. The zero-order valence-electron chi connectivity index (χ0n) is 5.76. The third-order valence-electron chi connectivity index (χ3n) is 1.29. The third kappa shape index (κ3) is 1.90. The van der Waals surface area contributed by atoms with Crippen LogP contribution in [0.2, 0.25) is 0 Å². The lowest BCUT2D eigenvalue weighted by atomic mass is 10.2. The molecule has 0 fully saturated rings. The molecule has 0 atom stereocenters. The number of amidine groups is 1. The molecule has 4 N–H and O–H groups in total. The molecule has 0 unspecified atom stereocenters. The predicted octanol–water partition coefficient (Wildman–Crippen LogP) is 1.08. The Morgan fingerprint density at radius 3 is 2.64 bits per heavy atom. The van der Waals surface area contributed by atoms with Crippen molar-refractivity contribution in [3.05, 3.63) is 33.4 Å². The minimum absolute atomic E-state index is 0.245. The highest BCUT2D eigenvalue weighted by molar-refractivity contribution is 14.1. The average Bonchev–Trinajstić information content (AvgIpc) is 2.04. The molecule has 0 aliphatic carbocycles. The van der Waals surface area contributed by atoms with Crippen LogP contribution in [0.25, 0.3) is 0 Å². The Hall–Kier alpha value is -0.620. The Kier molecular flexibility index (Phi) is 2.84. The highest BCUT2D eigenvalue weighted by atomic mass is 127. The number of halogens is 1. The molecule has 58 valence electrons. The van der Waals surface area contributed by atoms with Gasteiger partial charge in [-0.1, -0.05) is 18.2 Å². The molecule has 0 radical (unpaired) electrons. The molecule has 1 aromatic carbocycles. The first-order valence-corrected chi connectivity index (χ1v) is 4.13. The van der Waals surface area contributed by atoms with Crippen LogP contribution < -0.4 is 11.3 Å². The van der Waals surface area contributed by atoms with Gasteiger partial charge in [0, 0.05) is 9.13 Å². The monoisotopic (exact) mass is 261 g/mol. The summed E-state index contributed by atoms with van der Waals surface area (Å²) in [7, 11) is 0. The van der Waals surface area contributed by atoms with Crippen LogP contribution in [0.5, 0.6) is 0 Å². The molecular formula is C7H8IN3. The number of hydrogen-bond acceptors (Lipinski definition) is 2. The summed E-state index contributed by atoms with van der Waals surface area (Å²) >= 11 is 2.16. The van der Waals surface area contributed by atoms with E-state index in [1.807, 2.05) is 24.3 Å². The summed E-state index contributed by atoms with van der Waals surface area (Å²) in [5.74, 6) is 5.34. The zero-order valence-corrected chi connectivity index (χ0v) is 7.92. The lowest BCUT2D eigenvalue weighted by molar-refractivity contribution is 1.01.